The Bertz CT molecular complexity index is 704. The van der Waals surface area contributed by atoms with Crippen molar-refractivity contribution in [2.75, 3.05) is 19.5 Å². The van der Waals surface area contributed by atoms with Gasteiger partial charge in [-0.15, -0.1) is 0 Å². The average Bonchev–Trinajstić information content (AvgIpc) is 2.62. The minimum absolute atomic E-state index is 0.138. The highest BCUT2D eigenvalue weighted by Gasteiger charge is 2.39. The molecule has 1 aliphatic rings. The van der Waals surface area contributed by atoms with Gasteiger partial charge in [0.15, 0.2) is 0 Å². The van der Waals surface area contributed by atoms with Crippen molar-refractivity contribution in [1.82, 2.24) is 10.3 Å². The third-order valence-electron chi connectivity index (χ3n) is 5.03. The fraction of sp³-hybridized carbons (Fsp3) is 0.667. The number of carbonyl (C=O) groups is 2. The van der Waals surface area contributed by atoms with Gasteiger partial charge in [0.2, 0.25) is 0 Å². The van der Waals surface area contributed by atoms with Gasteiger partial charge in [-0.1, -0.05) is 6.92 Å². The van der Waals surface area contributed by atoms with Crippen LogP contribution in [0.5, 0.6) is 0 Å². The number of nitrogens with two attached hydrogens (primary N) is 1. The molecule has 0 radical (unpaired) electrons. The first kappa shape index (κ1) is 22.9. The molecular formula is C21H33N3O5. The van der Waals surface area contributed by atoms with E-state index in [1.54, 1.807) is 12.4 Å². The summed E-state index contributed by atoms with van der Waals surface area (Å²) in [5.41, 5.74) is 7.20. The number of rotatable bonds is 6. The molecule has 1 amide bonds. The van der Waals surface area contributed by atoms with E-state index in [-0.39, 0.29) is 43.0 Å². The lowest BCUT2D eigenvalue weighted by molar-refractivity contribution is -0.143. The molecule has 0 aromatic carbocycles. The van der Waals surface area contributed by atoms with E-state index >= 15 is 0 Å². The minimum Gasteiger partial charge on any atom is -0.469 e. The van der Waals surface area contributed by atoms with Crippen LogP contribution >= 0.6 is 0 Å². The lowest BCUT2D eigenvalue weighted by Crippen LogP contribution is -2.52. The highest BCUT2D eigenvalue weighted by molar-refractivity contribution is 5.69. The number of hydrogen-bond donors (Lipinski definition) is 2. The van der Waals surface area contributed by atoms with Gasteiger partial charge < -0.3 is 25.3 Å². The van der Waals surface area contributed by atoms with Crippen LogP contribution in [0.15, 0.2) is 18.5 Å². The Morgan fingerprint density at radius 3 is 2.66 bits per heavy atom. The van der Waals surface area contributed by atoms with E-state index in [9.17, 15) is 9.59 Å². The van der Waals surface area contributed by atoms with Crippen LogP contribution < -0.4 is 11.1 Å². The molecule has 0 spiro atoms. The molecule has 1 aromatic heterocycles. The zero-order valence-electron chi connectivity index (χ0n) is 17.9. The summed E-state index contributed by atoms with van der Waals surface area (Å²) in [6, 6.07) is 1.65. The highest BCUT2D eigenvalue weighted by Crippen LogP contribution is 2.39. The van der Waals surface area contributed by atoms with Crippen LogP contribution in [0, 0.1) is 5.92 Å². The van der Waals surface area contributed by atoms with E-state index in [0.29, 0.717) is 12.1 Å². The van der Waals surface area contributed by atoms with Gasteiger partial charge in [0.05, 0.1) is 44.2 Å². The molecule has 1 saturated carbocycles. The summed E-state index contributed by atoms with van der Waals surface area (Å²) in [4.78, 5) is 27.9. The number of carbonyl (C=O) groups excluding carboxylic acids is 2. The normalized spacial score (nSPS) is 24.6. The van der Waals surface area contributed by atoms with Crippen LogP contribution in [0.4, 0.5) is 10.5 Å². The lowest BCUT2D eigenvalue weighted by Gasteiger charge is -2.41. The molecule has 0 saturated heterocycles. The van der Waals surface area contributed by atoms with Crippen molar-refractivity contribution < 1.29 is 23.8 Å². The molecule has 1 aliphatic carbocycles. The fourth-order valence-corrected chi connectivity index (χ4v) is 3.82. The number of esters is 1. The standard InChI is InChI=1S/C21H33N3O5/c1-13-10-14(15-6-8-23-12-16(15)22)11-17(24-20(26)29-21(2,3)4)19(13)28-9-7-18(25)27-5/h6,8,12-14,17,19H,7,9-11,22H2,1-5H3,(H,24,26)/t13-,14?,17+,19+/m0/s1. The number of aromatic nitrogens is 1. The first-order valence-corrected chi connectivity index (χ1v) is 9.98. The maximum absolute atomic E-state index is 12.4. The van der Waals surface area contributed by atoms with Crippen LogP contribution in [0.2, 0.25) is 0 Å². The number of methoxy groups -OCH3 is 1. The van der Waals surface area contributed by atoms with Gasteiger partial charge in [-0.25, -0.2) is 4.79 Å². The van der Waals surface area contributed by atoms with E-state index in [0.717, 1.165) is 12.0 Å². The lowest BCUT2D eigenvalue weighted by atomic mass is 9.74. The van der Waals surface area contributed by atoms with Crippen LogP contribution in [0.1, 0.15) is 58.4 Å². The average molecular weight is 408 g/mol. The number of alkyl carbamates (subject to hydrolysis) is 1. The Morgan fingerprint density at radius 2 is 2.03 bits per heavy atom. The van der Waals surface area contributed by atoms with Crippen LogP contribution in [0.3, 0.4) is 0 Å². The third kappa shape index (κ3) is 6.88. The fourth-order valence-electron chi connectivity index (χ4n) is 3.82. The Balaban J connectivity index is 2.14. The monoisotopic (exact) mass is 407 g/mol. The van der Waals surface area contributed by atoms with Gasteiger partial charge >= 0.3 is 12.1 Å². The smallest absolute Gasteiger partial charge is 0.407 e. The number of nitrogens with zero attached hydrogens (tertiary/aromatic N) is 1. The second kappa shape index (κ2) is 9.91. The topological polar surface area (TPSA) is 113 Å². The molecule has 1 unspecified atom stereocenters. The van der Waals surface area contributed by atoms with Crippen molar-refractivity contribution in [3.63, 3.8) is 0 Å². The zero-order valence-corrected chi connectivity index (χ0v) is 17.9. The second-order valence-corrected chi connectivity index (χ2v) is 8.56. The number of amides is 1. The summed E-state index contributed by atoms with van der Waals surface area (Å²) in [5.74, 6) is -0.0279. The number of nitrogen functional groups attached to an aromatic ring is 1. The van der Waals surface area contributed by atoms with Crippen LogP contribution in [-0.2, 0) is 19.0 Å². The molecule has 8 heteroatoms. The van der Waals surface area contributed by atoms with Gasteiger partial charge in [-0.05, 0) is 57.1 Å². The SMILES string of the molecule is COC(=O)CCO[C@@H]1[C@@H](C)CC(c2ccncc2N)C[C@H]1NC(=O)OC(C)(C)C. The van der Waals surface area contributed by atoms with E-state index < -0.39 is 11.7 Å². The number of ether oxygens (including phenoxy) is 3. The maximum atomic E-state index is 12.4. The summed E-state index contributed by atoms with van der Waals surface area (Å²) in [5, 5.41) is 2.97. The first-order valence-electron chi connectivity index (χ1n) is 9.98. The third-order valence-corrected chi connectivity index (χ3v) is 5.03. The second-order valence-electron chi connectivity index (χ2n) is 8.56. The van der Waals surface area contributed by atoms with Crippen molar-refractivity contribution in [3.8, 4) is 0 Å². The van der Waals surface area contributed by atoms with Crippen molar-refractivity contribution in [2.45, 2.75) is 70.6 Å². The molecule has 4 atom stereocenters. The largest absolute Gasteiger partial charge is 0.469 e. The van der Waals surface area contributed by atoms with Crippen molar-refractivity contribution in [3.05, 3.63) is 24.0 Å². The Kier molecular flexibility index (Phi) is 7.84. The number of hydrogen-bond acceptors (Lipinski definition) is 7. The minimum atomic E-state index is -0.597. The summed E-state index contributed by atoms with van der Waals surface area (Å²) in [6.45, 7) is 7.77. The van der Waals surface area contributed by atoms with E-state index in [1.165, 1.54) is 7.11 Å². The van der Waals surface area contributed by atoms with E-state index in [4.69, 9.17) is 15.2 Å². The molecule has 3 N–H and O–H groups in total. The van der Waals surface area contributed by atoms with Crippen LogP contribution in [0.25, 0.3) is 0 Å². The van der Waals surface area contributed by atoms with Gasteiger partial charge in [-0.2, -0.15) is 0 Å². The molecule has 1 heterocycles. The predicted octanol–water partition coefficient (Wildman–Crippen LogP) is 3.02. The molecule has 29 heavy (non-hydrogen) atoms. The highest BCUT2D eigenvalue weighted by atomic mass is 16.6. The summed E-state index contributed by atoms with van der Waals surface area (Å²) in [6.07, 6.45) is 4.32. The van der Waals surface area contributed by atoms with Gasteiger partial charge in [0.25, 0.3) is 0 Å². The quantitative estimate of drug-likeness (QED) is 0.697. The summed E-state index contributed by atoms with van der Waals surface area (Å²) in [7, 11) is 1.35. The molecular weight excluding hydrogens is 374 g/mol. The Hall–Kier alpha value is -2.35. The molecule has 8 nitrogen and oxygen atoms in total. The Morgan fingerprint density at radius 1 is 1.31 bits per heavy atom. The predicted molar refractivity (Wildman–Crippen MR) is 109 cm³/mol. The maximum Gasteiger partial charge on any atom is 0.407 e. The van der Waals surface area contributed by atoms with Crippen molar-refractivity contribution in [2.24, 2.45) is 5.92 Å². The number of pyridine rings is 1. The Labute approximate surface area is 172 Å². The molecule has 0 aliphatic heterocycles. The summed E-state index contributed by atoms with van der Waals surface area (Å²) >= 11 is 0. The molecule has 162 valence electrons. The molecule has 2 rings (SSSR count). The van der Waals surface area contributed by atoms with Crippen molar-refractivity contribution >= 4 is 17.7 Å². The van der Waals surface area contributed by atoms with E-state index in [1.807, 2.05) is 26.8 Å². The van der Waals surface area contributed by atoms with Crippen molar-refractivity contribution in [1.29, 1.82) is 0 Å². The zero-order chi connectivity index (χ0) is 21.6. The summed E-state index contributed by atoms with van der Waals surface area (Å²) < 4.78 is 16.1. The van der Waals surface area contributed by atoms with E-state index in [2.05, 4.69) is 22.0 Å². The number of anilines is 1. The van der Waals surface area contributed by atoms with Gasteiger partial charge in [0, 0.05) is 6.20 Å². The molecule has 1 aromatic rings. The number of nitrogens with one attached hydrogen (secondary N) is 1. The first-order chi connectivity index (χ1) is 13.6. The van der Waals surface area contributed by atoms with Crippen LogP contribution in [-0.4, -0.2) is 48.5 Å². The van der Waals surface area contributed by atoms with Gasteiger partial charge in [0.1, 0.15) is 5.60 Å². The molecule has 0 bridgehead atoms. The molecule has 1 fully saturated rings. The van der Waals surface area contributed by atoms with Gasteiger partial charge in [-0.3, -0.25) is 9.78 Å².